The predicted molar refractivity (Wildman–Crippen MR) is 150 cm³/mol. The Labute approximate surface area is 222 Å². The molecule has 10 atom stereocenters. The monoisotopic (exact) mass is 502 g/mol. The van der Waals surface area contributed by atoms with Crippen LogP contribution in [0.15, 0.2) is 0 Å². The average molecular weight is 503 g/mol. The van der Waals surface area contributed by atoms with E-state index >= 15 is 0 Å². The van der Waals surface area contributed by atoms with Crippen LogP contribution in [0.25, 0.3) is 0 Å². The molecule has 4 heteroatoms. The molecule has 0 aliphatic heterocycles. The summed E-state index contributed by atoms with van der Waals surface area (Å²) in [6.07, 6.45) is 14.2. The molecule has 4 nitrogen and oxygen atoms in total. The standard InChI is InChI=1S/C32H58N2O2/c1-8-23-19-24-20-25(34-18-17-33-21(2)3)13-15-31(24,5)28-14-16-32(6)26(10-11-27(32)30(23)28)22(4)9-12-29(35)36-7/h21-28,30,33-34H,8-20H2,1-7H3/t22-,23-,24+,25+,26?,27?,28?,30?,31+,32-/m1/s1. The van der Waals surface area contributed by atoms with Gasteiger partial charge in [0.05, 0.1) is 7.11 Å². The highest BCUT2D eigenvalue weighted by atomic mass is 16.5. The molecule has 4 rings (SSSR count). The molecule has 0 aromatic heterocycles. The van der Waals surface area contributed by atoms with E-state index in [2.05, 4.69) is 52.2 Å². The summed E-state index contributed by atoms with van der Waals surface area (Å²) in [7, 11) is 1.52. The summed E-state index contributed by atoms with van der Waals surface area (Å²) in [5.74, 6) is 5.90. The SMILES string of the molecule is CC[C@@H]1C[C@H]2C[C@@H](NCCNC(C)C)CC[C@]2(C)C2CC[C@@]3(C)C(CCC3[C@H](C)CCC(=O)OC)C21. The van der Waals surface area contributed by atoms with Crippen molar-refractivity contribution in [3.05, 3.63) is 0 Å². The van der Waals surface area contributed by atoms with Crippen LogP contribution in [0.3, 0.4) is 0 Å². The van der Waals surface area contributed by atoms with Gasteiger partial charge >= 0.3 is 5.97 Å². The second-order valence-electron chi connectivity index (χ2n) is 14.3. The third-order valence-corrected chi connectivity index (χ3v) is 12.3. The van der Waals surface area contributed by atoms with E-state index in [0.717, 1.165) is 55.0 Å². The van der Waals surface area contributed by atoms with E-state index in [1.165, 1.54) is 64.9 Å². The quantitative estimate of drug-likeness (QED) is 0.254. The maximum absolute atomic E-state index is 11.8. The molecule has 208 valence electrons. The Bertz CT molecular complexity index is 740. The van der Waals surface area contributed by atoms with Crippen molar-refractivity contribution in [1.29, 1.82) is 0 Å². The van der Waals surface area contributed by atoms with E-state index in [4.69, 9.17) is 4.74 Å². The number of ether oxygens (including phenoxy) is 1. The fourth-order valence-electron chi connectivity index (χ4n) is 10.3. The van der Waals surface area contributed by atoms with Crippen LogP contribution in [-0.2, 0) is 9.53 Å². The van der Waals surface area contributed by atoms with E-state index in [1.54, 1.807) is 0 Å². The first-order valence-corrected chi connectivity index (χ1v) is 15.7. The number of carbonyl (C=O) groups is 1. The Hall–Kier alpha value is -0.610. The van der Waals surface area contributed by atoms with Crippen LogP contribution in [0.2, 0.25) is 0 Å². The van der Waals surface area contributed by atoms with Crippen molar-refractivity contribution in [2.45, 2.75) is 124 Å². The Morgan fingerprint density at radius 3 is 2.39 bits per heavy atom. The van der Waals surface area contributed by atoms with Crippen molar-refractivity contribution in [2.75, 3.05) is 20.2 Å². The number of nitrogens with one attached hydrogen (secondary N) is 2. The Balaban J connectivity index is 1.44. The second-order valence-corrected chi connectivity index (χ2v) is 14.3. The summed E-state index contributed by atoms with van der Waals surface area (Å²) in [4.78, 5) is 11.8. The van der Waals surface area contributed by atoms with Crippen molar-refractivity contribution >= 4 is 5.97 Å². The van der Waals surface area contributed by atoms with Gasteiger partial charge in [0.1, 0.15) is 0 Å². The van der Waals surface area contributed by atoms with E-state index in [9.17, 15) is 4.79 Å². The van der Waals surface area contributed by atoms with Gasteiger partial charge in [0.25, 0.3) is 0 Å². The molecule has 0 spiro atoms. The van der Waals surface area contributed by atoms with Crippen LogP contribution in [0.1, 0.15) is 112 Å². The predicted octanol–water partition coefficient (Wildman–Crippen LogP) is 6.83. The maximum Gasteiger partial charge on any atom is 0.305 e. The van der Waals surface area contributed by atoms with Gasteiger partial charge in [0.2, 0.25) is 0 Å². The van der Waals surface area contributed by atoms with E-state index in [-0.39, 0.29) is 5.97 Å². The molecule has 0 aromatic carbocycles. The molecule has 36 heavy (non-hydrogen) atoms. The van der Waals surface area contributed by atoms with Gasteiger partial charge < -0.3 is 15.4 Å². The minimum atomic E-state index is -0.0381. The molecule has 2 N–H and O–H groups in total. The molecule has 4 saturated carbocycles. The van der Waals surface area contributed by atoms with Crippen LogP contribution >= 0.6 is 0 Å². The molecule has 4 fully saturated rings. The number of esters is 1. The topological polar surface area (TPSA) is 50.4 Å². The maximum atomic E-state index is 11.8. The van der Waals surface area contributed by atoms with Crippen molar-refractivity contribution in [3.63, 3.8) is 0 Å². The minimum absolute atomic E-state index is 0.0381. The third-order valence-electron chi connectivity index (χ3n) is 12.3. The highest BCUT2D eigenvalue weighted by Gasteiger charge is 2.62. The molecule has 4 aliphatic rings. The second kappa shape index (κ2) is 11.6. The van der Waals surface area contributed by atoms with Gasteiger partial charge in [-0.2, -0.15) is 0 Å². The van der Waals surface area contributed by atoms with Gasteiger partial charge in [0.15, 0.2) is 0 Å². The molecule has 0 saturated heterocycles. The smallest absolute Gasteiger partial charge is 0.305 e. The molecular formula is C32H58N2O2. The zero-order valence-electron chi connectivity index (χ0n) is 24.7. The summed E-state index contributed by atoms with van der Waals surface area (Å²) < 4.78 is 4.95. The van der Waals surface area contributed by atoms with Gasteiger partial charge in [-0.1, -0.05) is 48.0 Å². The largest absolute Gasteiger partial charge is 0.469 e. The van der Waals surface area contributed by atoms with Gasteiger partial charge in [-0.3, -0.25) is 4.79 Å². The minimum Gasteiger partial charge on any atom is -0.469 e. The fourth-order valence-corrected chi connectivity index (χ4v) is 10.3. The first kappa shape index (κ1) is 28.4. The first-order chi connectivity index (χ1) is 17.1. The molecule has 0 bridgehead atoms. The zero-order valence-corrected chi connectivity index (χ0v) is 24.7. The third kappa shape index (κ3) is 5.42. The number of rotatable bonds is 10. The van der Waals surface area contributed by atoms with Crippen LogP contribution in [0, 0.1) is 52.3 Å². The van der Waals surface area contributed by atoms with Gasteiger partial charge in [0, 0.05) is 31.6 Å². The molecule has 4 aliphatic carbocycles. The number of hydrogen-bond acceptors (Lipinski definition) is 4. The summed E-state index contributed by atoms with van der Waals surface area (Å²) in [6.45, 7) is 16.9. The van der Waals surface area contributed by atoms with Crippen molar-refractivity contribution < 1.29 is 9.53 Å². The van der Waals surface area contributed by atoms with Gasteiger partial charge in [-0.25, -0.2) is 0 Å². The zero-order chi connectivity index (χ0) is 26.1. The Morgan fingerprint density at radius 2 is 1.69 bits per heavy atom. The lowest BCUT2D eigenvalue weighted by molar-refractivity contribution is -0.146. The molecular weight excluding hydrogens is 444 g/mol. The van der Waals surface area contributed by atoms with Crippen LogP contribution in [0.4, 0.5) is 0 Å². The first-order valence-electron chi connectivity index (χ1n) is 15.7. The van der Waals surface area contributed by atoms with E-state index in [0.29, 0.717) is 35.3 Å². The van der Waals surface area contributed by atoms with Crippen LogP contribution in [-0.4, -0.2) is 38.3 Å². The number of carbonyl (C=O) groups excluding carboxylic acids is 1. The summed E-state index contributed by atoms with van der Waals surface area (Å²) >= 11 is 0. The van der Waals surface area contributed by atoms with E-state index in [1.807, 2.05) is 0 Å². The molecule has 0 amide bonds. The Morgan fingerprint density at radius 1 is 0.972 bits per heavy atom. The lowest BCUT2D eigenvalue weighted by atomic mass is 9.42. The van der Waals surface area contributed by atoms with Crippen molar-refractivity contribution in [3.8, 4) is 0 Å². The molecule has 0 radical (unpaired) electrons. The van der Waals surface area contributed by atoms with Crippen LogP contribution in [0.5, 0.6) is 0 Å². The number of fused-ring (bicyclic) bond motifs is 5. The average Bonchev–Trinajstić information content (AvgIpc) is 3.21. The van der Waals surface area contributed by atoms with Gasteiger partial charge in [-0.15, -0.1) is 0 Å². The summed E-state index contributed by atoms with van der Waals surface area (Å²) in [6, 6.07) is 1.29. The number of methoxy groups -OCH3 is 1. The van der Waals surface area contributed by atoms with Gasteiger partial charge in [-0.05, 0) is 110 Å². The normalized spacial score (nSPS) is 42.9. The molecule has 0 heterocycles. The summed E-state index contributed by atoms with van der Waals surface area (Å²) in [5, 5.41) is 7.49. The lowest BCUT2D eigenvalue weighted by Crippen LogP contribution is -2.58. The number of hydrogen-bond donors (Lipinski definition) is 2. The highest BCUT2D eigenvalue weighted by molar-refractivity contribution is 5.69. The fraction of sp³-hybridized carbons (Fsp3) is 0.969. The Kier molecular flexibility index (Phi) is 9.18. The van der Waals surface area contributed by atoms with Crippen molar-refractivity contribution in [2.24, 2.45) is 52.3 Å². The molecule has 4 unspecified atom stereocenters. The molecule has 0 aromatic rings. The lowest BCUT2D eigenvalue weighted by Gasteiger charge is -2.64. The van der Waals surface area contributed by atoms with Crippen molar-refractivity contribution in [1.82, 2.24) is 10.6 Å². The van der Waals surface area contributed by atoms with Crippen LogP contribution < -0.4 is 10.6 Å². The van der Waals surface area contributed by atoms with E-state index < -0.39 is 0 Å². The highest BCUT2D eigenvalue weighted by Crippen LogP contribution is 2.69. The summed E-state index contributed by atoms with van der Waals surface area (Å²) in [5.41, 5.74) is 1.01.